The van der Waals surface area contributed by atoms with Crippen molar-refractivity contribution in [2.24, 2.45) is 5.41 Å². The first-order valence-corrected chi connectivity index (χ1v) is 6.41. The molecule has 0 N–H and O–H groups in total. The molecule has 0 aliphatic carbocycles. The highest BCUT2D eigenvalue weighted by molar-refractivity contribution is 7.10. The lowest BCUT2D eigenvalue weighted by Gasteiger charge is -2.37. The van der Waals surface area contributed by atoms with E-state index in [1.807, 2.05) is 0 Å². The van der Waals surface area contributed by atoms with Gasteiger partial charge in [-0.05, 0) is 24.8 Å². The summed E-state index contributed by atoms with van der Waals surface area (Å²) in [5.41, 5.74) is 1.35. The number of nitrogens with zero attached hydrogens (tertiary/aromatic N) is 3. The maximum Gasteiger partial charge on any atom is 0.138 e. The Bertz CT molecular complexity index is 337. The van der Waals surface area contributed by atoms with Crippen LogP contribution in [0.3, 0.4) is 0 Å². The summed E-state index contributed by atoms with van der Waals surface area (Å²) in [4.78, 5) is 2.42. The maximum absolute atomic E-state index is 6.00. The first-order chi connectivity index (χ1) is 7.07. The Morgan fingerprint density at radius 3 is 2.93 bits per heavy atom. The van der Waals surface area contributed by atoms with E-state index in [1.165, 1.54) is 24.4 Å². The van der Waals surface area contributed by atoms with Gasteiger partial charge in [-0.15, -0.1) is 5.10 Å². The quantitative estimate of drug-likeness (QED) is 0.803. The molecule has 84 valence electrons. The van der Waals surface area contributed by atoms with E-state index < -0.39 is 0 Å². The van der Waals surface area contributed by atoms with Crippen LogP contribution in [0.1, 0.15) is 32.4 Å². The number of hydrogen-bond donors (Lipinski definition) is 0. The van der Waals surface area contributed by atoms with Crippen molar-refractivity contribution < 1.29 is 0 Å². The molecule has 2 rings (SSSR count). The van der Waals surface area contributed by atoms with Crippen LogP contribution in [0.4, 0.5) is 0 Å². The summed E-state index contributed by atoms with van der Waals surface area (Å²) < 4.78 is 4.59. The number of hydrogen-bond acceptors (Lipinski definition) is 4. The molecule has 1 aliphatic heterocycles. The van der Waals surface area contributed by atoms with E-state index in [0.717, 1.165) is 29.7 Å². The zero-order chi connectivity index (χ0) is 10.9. The fourth-order valence-corrected chi connectivity index (χ4v) is 2.79. The third-order valence-electron chi connectivity index (χ3n) is 2.86. The van der Waals surface area contributed by atoms with E-state index in [9.17, 15) is 0 Å². The van der Waals surface area contributed by atoms with Gasteiger partial charge in [0, 0.05) is 24.6 Å². The number of rotatable bonds is 2. The highest BCUT2D eigenvalue weighted by Crippen LogP contribution is 2.30. The Labute approximate surface area is 99.6 Å². The van der Waals surface area contributed by atoms with Gasteiger partial charge in [0.1, 0.15) is 10.0 Å². The normalized spacial score (nSPS) is 21.8. The van der Waals surface area contributed by atoms with E-state index in [2.05, 4.69) is 28.3 Å². The Morgan fingerprint density at radius 2 is 2.33 bits per heavy atom. The van der Waals surface area contributed by atoms with Crippen molar-refractivity contribution in [3.05, 3.63) is 10.0 Å². The fourth-order valence-electron chi connectivity index (χ4n) is 2.18. The highest BCUT2D eigenvalue weighted by atomic mass is 35.5. The minimum absolute atomic E-state index is 0.425. The predicted molar refractivity (Wildman–Crippen MR) is 63.2 cm³/mol. The molecule has 3 nitrogen and oxygen atoms in total. The molecule has 0 saturated carbocycles. The summed E-state index contributed by atoms with van der Waals surface area (Å²) in [6, 6.07) is 0. The SMILES string of the molecule is CC1(C)CCCN(Cc2nnsc2Cl)C1. The first-order valence-electron chi connectivity index (χ1n) is 5.26. The number of halogens is 1. The van der Waals surface area contributed by atoms with Crippen LogP contribution in [0.15, 0.2) is 0 Å². The average molecular weight is 246 g/mol. The van der Waals surface area contributed by atoms with E-state index in [1.54, 1.807) is 0 Å². The predicted octanol–water partition coefficient (Wildman–Crippen LogP) is 2.81. The molecule has 0 unspecified atom stereocenters. The Kier molecular flexibility index (Phi) is 3.28. The van der Waals surface area contributed by atoms with Crippen LogP contribution in [-0.4, -0.2) is 27.6 Å². The van der Waals surface area contributed by atoms with Crippen LogP contribution in [0.25, 0.3) is 0 Å². The van der Waals surface area contributed by atoms with E-state index >= 15 is 0 Å². The molecule has 1 saturated heterocycles. The van der Waals surface area contributed by atoms with Crippen molar-refractivity contribution in [3.63, 3.8) is 0 Å². The van der Waals surface area contributed by atoms with Gasteiger partial charge in [-0.3, -0.25) is 4.90 Å². The fraction of sp³-hybridized carbons (Fsp3) is 0.800. The second-order valence-corrected chi connectivity index (χ2v) is 6.33. The van der Waals surface area contributed by atoms with Crippen LogP contribution in [0, 0.1) is 5.41 Å². The van der Waals surface area contributed by atoms with Gasteiger partial charge in [-0.25, -0.2) is 0 Å². The second kappa shape index (κ2) is 4.36. The molecule has 1 aromatic heterocycles. The first kappa shape index (κ1) is 11.3. The summed E-state index contributed by atoms with van der Waals surface area (Å²) in [5, 5.41) is 4.05. The standard InChI is InChI=1S/C10H16ClN3S/c1-10(2)4-3-5-14(7-10)6-8-9(11)15-13-12-8/h3-7H2,1-2H3. The van der Waals surface area contributed by atoms with Crippen molar-refractivity contribution in [1.29, 1.82) is 0 Å². The Hall–Kier alpha value is -0.190. The van der Waals surface area contributed by atoms with Crippen molar-refractivity contribution in [2.45, 2.75) is 33.2 Å². The molecule has 2 heterocycles. The van der Waals surface area contributed by atoms with Crippen LogP contribution in [0.2, 0.25) is 4.34 Å². The summed E-state index contributed by atoms with van der Waals surface area (Å²) in [7, 11) is 0. The topological polar surface area (TPSA) is 29.0 Å². The highest BCUT2D eigenvalue weighted by Gasteiger charge is 2.27. The van der Waals surface area contributed by atoms with Gasteiger partial charge in [-0.2, -0.15) is 0 Å². The number of aromatic nitrogens is 2. The molecule has 0 radical (unpaired) electrons. The van der Waals surface area contributed by atoms with Gasteiger partial charge < -0.3 is 0 Å². The molecule has 1 aliphatic rings. The minimum atomic E-state index is 0.425. The average Bonchev–Trinajstić information content (AvgIpc) is 2.50. The zero-order valence-electron chi connectivity index (χ0n) is 9.16. The van der Waals surface area contributed by atoms with Gasteiger partial charge in [0.2, 0.25) is 0 Å². The third kappa shape index (κ3) is 2.89. The van der Waals surface area contributed by atoms with Crippen molar-refractivity contribution in [1.82, 2.24) is 14.5 Å². The Balaban J connectivity index is 1.98. The molecular weight excluding hydrogens is 230 g/mol. The maximum atomic E-state index is 6.00. The molecule has 0 bridgehead atoms. The van der Waals surface area contributed by atoms with E-state index in [4.69, 9.17) is 11.6 Å². The molecule has 0 amide bonds. The van der Waals surface area contributed by atoms with E-state index in [0.29, 0.717) is 5.41 Å². The molecular formula is C10H16ClN3S. The summed E-state index contributed by atoms with van der Waals surface area (Å²) in [6.45, 7) is 7.76. The van der Waals surface area contributed by atoms with Gasteiger partial charge in [0.05, 0.1) is 0 Å². The lowest BCUT2D eigenvalue weighted by Crippen LogP contribution is -2.39. The van der Waals surface area contributed by atoms with Gasteiger partial charge in [0.25, 0.3) is 0 Å². The minimum Gasteiger partial charge on any atom is -0.297 e. The van der Waals surface area contributed by atoms with Gasteiger partial charge >= 0.3 is 0 Å². The molecule has 1 fully saturated rings. The van der Waals surface area contributed by atoms with Crippen molar-refractivity contribution >= 4 is 23.1 Å². The molecule has 15 heavy (non-hydrogen) atoms. The summed E-state index contributed by atoms with van der Waals surface area (Å²) in [6.07, 6.45) is 2.58. The monoisotopic (exact) mass is 245 g/mol. The molecule has 5 heteroatoms. The smallest absolute Gasteiger partial charge is 0.138 e. The molecule has 0 atom stereocenters. The zero-order valence-corrected chi connectivity index (χ0v) is 10.7. The number of piperidine rings is 1. The second-order valence-electron chi connectivity index (χ2n) is 4.97. The van der Waals surface area contributed by atoms with E-state index in [-0.39, 0.29) is 0 Å². The number of likely N-dealkylation sites (tertiary alicyclic amines) is 1. The Morgan fingerprint density at radius 1 is 1.53 bits per heavy atom. The van der Waals surface area contributed by atoms with Crippen LogP contribution >= 0.6 is 23.1 Å². The third-order valence-corrected chi connectivity index (χ3v) is 3.85. The molecule has 0 spiro atoms. The molecule has 1 aromatic rings. The summed E-state index contributed by atoms with van der Waals surface area (Å²) >= 11 is 7.27. The lowest BCUT2D eigenvalue weighted by atomic mass is 9.84. The van der Waals surface area contributed by atoms with Crippen molar-refractivity contribution in [3.8, 4) is 0 Å². The van der Waals surface area contributed by atoms with Crippen LogP contribution < -0.4 is 0 Å². The largest absolute Gasteiger partial charge is 0.297 e. The summed E-state index contributed by atoms with van der Waals surface area (Å²) in [5.74, 6) is 0. The van der Waals surface area contributed by atoms with Crippen LogP contribution in [-0.2, 0) is 6.54 Å². The van der Waals surface area contributed by atoms with Crippen molar-refractivity contribution in [2.75, 3.05) is 13.1 Å². The van der Waals surface area contributed by atoms with Gasteiger partial charge in [-0.1, -0.05) is 29.9 Å². The lowest BCUT2D eigenvalue weighted by molar-refractivity contribution is 0.110. The van der Waals surface area contributed by atoms with Gasteiger partial charge in [0.15, 0.2) is 0 Å². The van der Waals surface area contributed by atoms with Crippen LogP contribution in [0.5, 0.6) is 0 Å². The molecule has 0 aromatic carbocycles.